The quantitative estimate of drug-likeness (QED) is 0.235. The monoisotopic (exact) mass is 305 g/mol. The Morgan fingerprint density at radius 3 is 2.14 bits per heavy atom. The van der Waals surface area contributed by atoms with Crippen molar-refractivity contribution in [2.24, 2.45) is 5.16 Å². The third kappa shape index (κ3) is 6.97. The molecule has 1 aromatic carbocycles. The van der Waals surface area contributed by atoms with Gasteiger partial charge < -0.3 is 10.3 Å². The third-order valence-electron chi connectivity index (χ3n) is 4.10. The number of unbranched alkanes of at least 4 members (excludes halogenated alkanes) is 8. The minimum Gasteiger partial charge on any atom is -0.507 e. The molecular weight excluding hydrogens is 274 g/mol. The molecule has 1 rings (SSSR count). The molecule has 0 amide bonds. The van der Waals surface area contributed by atoms with E-state index in [-0.39, 0.29) is 5.75 Å². The van der Waals surface area contributed by atoms with Crippen molar-refractivity contribution in [1.29, 1.82) is 0 Å². The van der Waals surface area contributed by atoms with Gasteiger partial charge in [-0.25, -0.2) is 0 Å². The Kier molecular flexibility index (Phi) is 9.36. The van der Waals surface area contributed by atoms with Crippen LogP contribution in [-0.4, -0.2) is 16.0 Å². The minimum atomic E-state index is 0.189. The molecule has 0 aromatic heterocycles. The number of rotatable bonds is 11. The zero-order chi connectivity index (χ0) is 16.2. The molecule has 0 radical (unpaired) electrons. The SMILES string of the molecule is CCCCCCCCCCCC(=NO)c1cc(C)ccc1O. The number of aromatic hydroxyl groups is 1. The molecule has 0 saturated heterocycles. The molecule has 0 fully saturated rings. The third-order valence-corrected chi connectivity index (χ3v) is 4.10. The second-order valence-electron chi connectivity index (χ2n) is 6.15. The summed E-state index contributed by atoms with van der Waals surface area (Å²) in [7, 11) is 0. The summed E-state index contributed by atoms with van der Waals surface area (Å²) in [4.78, 5) is 0. The van der Waals surface area contributed by atoms with Crippen LogP contribution in [0.4, 0.5) is 0 Å². The Morgan fingerprint density at radius 1 is 0.955 bits per heavy atom. The van der Waals surface area contributed by atoms with E-state index < -0.39 is 0 Å². The van der Waals surface area contributed by atoms with Crippen LogP contribution in [0.2, 0.25) is 0 Å². The van der Waals surface area contributed by atoms with Gasteiger partial charge in [0.15, 0.2) is 0 Å². The lowest BCUT2D eigenvalue weighted by molar-refractivity contribution is 0.317. The number of nitrogens with zero attached hydrogens (tertiary/aromatic N) is 1. The van der Waals surface area contributed by atoms with E-state index in [0.717, 1.165) is 18.4 Å². The maximum absolute atomic E-state index is 9.89. The van der Waals surface area contributed by atoms with Gasteiger partial charge in [-0.3, -0.25) is 0 Å². The molecule has 2 N–H and O–H groups in total. The van der Waals surface area contributed by atoms with Crippen LogP contribution in [0.25, 0.3) is 0 Å². The van der Waals surface area contributed by atoms with Gasteiger partial charge in [-0.05, 0) is 31.9 Å². The van der Waals surface area contributed by atoms with E-state index >= 15 is 0 Å². The highest BCUT2D eigenvalue weighted by molar-refractivity contribution is 6.02. The van der Waals surface area contributed by atoms with Crippen LogP contribution in [0, 0.1) is 6.92 Å². The average Bonchev–Trinajstić information content (AvgIpc) is 2.52. The molecule has 0 aliphatic carbocycles. The first-order chi connectivity index (χ1) is 10.7. The van der Waals surface area contributed by atoms with Gasteiger partial charge >= 0.3 is 0 Å². The molecule has 124 valence electrons. The van der Waals surface area contributed by atoms with Gasteiger partial charge in [0.1, 0.15) is 5.75 Å². The highest BCUT2D eigenvalue weighted by Gasteiger charge is 2.09. The first-order valence-corrected chi connectivity index (χ1v) is 8.70. The molecule has 0 aliphatic heterocycles. The van der Waals surface area contributed by atoms with Crippen LogP contribution < -0.4 is 0 Å². The van der Waals surface area contributed by atoms with Crippen LogP contribution in [0.3, 0.4) is 0 Å². The maximum Gasteiger partial charge on any atom is 0.124 e. The largest absolute Gasteiger partial charge is 0.507 e. The van der Waals surface area contributed by atoms with E-state index in [9.17, 15) is 10.3 Å². The van der Waals surface area contributed by atoms with Crippen molar-refractivity contribution >= 4 is 5.71 Å². The zero-order valence-electron chi connectivity index (χ0n) is 14.1. The summed E-state index contributed by atoms with van der Waals surface area (Å²) in [6.45, 7) is 4.21. The molecule has 0 aliphatic rings. The smallest absolute Gasteiger partial charge is 0.124 e. The second-order valence-corrected chi connectivity index (χ2v) is 6.15. The molecule has 0 spiro atoms. The molecule has 0 bridgehead atoms. The van der Waals surface area contributed by atoms with Crippen molar-refractivity contribution < 1.29 is 10.3 Å². The van der Waals surface area contributed by atoms with E-state index in [2.05, 4.69) is 12.1 Å². The van der Waals surface area contributed by atoms with Crippen molar-refractivity contribution in [2.45, 2.75) is 78.1 Å². The van der Waals surface area contributed by atoms with Gasteiger partial charge in [0, 0.05) is 5.56 Å². The Hall–Kier alpha value is -1.51. The Bertz CT molecular complexity index is 455. The fraction of sp³-hybridized carbons (Fsp3) is 0.632. The van der Waals surface area contributed by atoms with Crippen molar-refractivity contribution in [2.75, 3.05) is 0 Å². The van der Waals surface area contributed by atoms with Crippen molar-refractivity contribution in [3.8, 4) is 5.75 Å². The Labute approximate surface area is 135 Å². The average molecular weight is 305 g/mol. The summed E-state index contributed by atoms with van der Waals surface area (Å²) in [5, 5.41) is 22.5. The maximum atomic E-state index is 9.89. The van der Waals surface area contributed by atoms with Crippen molar-refractivity contribution in [1.82, 2.24) is 0 Å². The van der Waals surface area contributed by atoms with Crippen LogP contribution >= 0.6 is 0 Å². The first kappa shape index (κ1) is 18.5. The van der Waals surface area contributed by atoms with Crippen LogP contribution in [0.15, 0.2) is 23.4 Å². The van der Waals surface area contributed by atoms with E-state index in [1.807, 2.05) is 19.1 Å². The lowest BCUT2D eigenvalue weighted by Crippen LogP contribution is -2.02. The number of phenolic OH excluding ortho intramolecular Hbond substituents is 1. The number of hydrogen-bond donors (Lipinski definition) is 2. The molecule has 0 heterocycles. The second kappa shape index (κ2) is 11.1. The number of hydrogen-bond acceptors (Lipinski definition) is 3. The standard InChI is InChI=1S/C19H31NO2/c1-3-4-5-6-7-8-9-10-11-12-18(20-22)17-15-16(2)13-14-19(17)21/h13-15,21-22H,3-12H2,1-2H3. The van der Waals surface area contributed by atoms with Gasteiger partial charge in [-0.2, -0.15) is 0 Å². The van der Waals surface area contributed by atoms with E-state index in [1.165, 1.54) is 44.9 Å². The Morgan fingerprint density at radius 2 is 1.55 bits per heavy atom. The summed E-state index contributed by atoms with van der Waals surface area (Å²) in [5.41, 5.74) is 2.30. The van der Waals surface area contributed by atoms with Gasteiger partial charge in [0.25, 0.3) is 0 Å². The number of phenols is 1. The number of aryl methyl sites for hydroxylation is 1. The summed E-state index contributed by atoms with van der Waals surface area (Å²) < 4.78 is 0. The van der Waals surface area contributed by atoms with Crippen LogP contribution in [0.1, 0.15) is 82.3 Å². The molecule has 3 nitrogen and oxygen atoms in total. The fourth-order valence-corrected chi connectivity index (χ4v) is 2.72. The normalized spacial score (nSPS) is 11.8. The lowest BCUT2D eigenvalue weighted by atomic mass is 10.00. The topological polar surface area (TPSA) is 52.8 Å². The van der Waals surface area contributed by atoms with Gasteiger partial charge in [-0.1, -0.05) is 75.1 Å². The first-order valence-electron chi connectivity index (χ1n) is 8.70. The molecule has 22 heavy (non-hydrogen) atoms. The van der Waals surface area contributed by atoms with Gasteiger partial charge in [0.2, 0.25) is 0 Å². The van der Waals surface area contributed by atoms with Crippen LogP contribution in [-0.2, 0) is 0 Å². The van der Waals surface area contributed by atoms with E-state index in [1.54, 1.807) is 6.07 Å². The van der Waals surface area contributed by atoms with Crippen molar-refractivity contribution in [3.63, 3.8) is 0 Å². The highest BCUT2D eigenvalue weighted by Crippen LogP contribution is 2.22. The summed E-state index contributed by atoms with van der Waals surface area (Å²) in [5.74, 6) is 0.189. The van der Waals surface area contributed by atoms with Crippen molar-refractivity contribution in [3.05, 3.63) is 29.3 Å². The number of benzene rings is 1. The predicted octanol–water partition coefficient (Wildman–Crippen LogP) is 5.80. The fourth-order valence-electron chi connectivity index (χ4n) is 2.72. The molecule has 0 unspecified atom stereocenters. The predicted molar refractivity (Wildman–Crippen MR) is 93.0 cm³/mol. The minimum absolute atomic E-state index is 0.189. The zero-order valence-corrected chi connectivity index (χ0v) is 14.1. The summed E-state index contributed by atoms with van der Waals surface area (Å²) in [6, 6.07) is 5.39. The van der Waals surface area contributed by atoms with E-state index in [4.69, 9.17) is 0 Å². The van der Waals surface area contributed by atoms with Gasteiger partial charge in [0.05, 0.1) is 5.71 Å². The van der Waals surface area contributed by atoms with E-state index in [0.29, 0.717) is 17.7 Å². The molecule has 3 heteroatoms. The summed E-state index contributed by atoms with van der Waals surface area (Å²) in [6.07, 6.45) is 12.1. The highest BCUT2D eigenvalue weighted by atomic mass is 16.4. The molecule has 0 saturated carbocycles. The molecular formula is C19H31NO2. The molecule has 0 atom stereocenters. The Balaban J connectivity index is 2.24. The van der Waals surface area contributed by atoms with Gasteiger partial charge in [-0.15, -0.1) is 0 Å². The summed E-state index contributed by atoms with van der Waals surface area (Å²) >= 11 is 0. The van der Waals surface area contributed by atoms with Crippen LogP contribution in [0.5, 0.6) is 5.75 Å². The molecule has 1 aromatic rings. The lowest BCUT2D eigenvalue weighted by Gasteiger charge is -2.08. The number of oxime groups is 1.